The van der Waals surface area contributed by atoms with Crippen molar-refractivity contribution in [2.24, 2.45) is 0 Å². The van der Waals surface area contributed by atoms with E-state index in [1.54, 1.807) is 0 Å². The monoisotopic (exact) mass is 968 g/mol. The quantitative estimate of drug-likeness (QED) is 0.163. The average molecular weight is 969 g/mol. The fourth-order valence-electron chi connectivity index (χ4n) is 14.1. The Morgan fingerprint density at radius 3 is 1.51 bits per heavy atom. The molecule has 12 aromatic carbocycles. The molecule has 2 aliphatic carbocycles. The molecule has 0 saturated heterocycles. The molecule has 16 rings (SSSR count). The highest BCUT2D eigenvalue weighted by Gasteiger charge is 2.40. The van der Waals surface area contributed by atoms with Crippen LogP contribution in [-0.4, -0.2) is 9.13 Å². The van der Waals surface area contributed by atoms with Gasteiger partial charge in [-0.05, 0) is 154 Å². The summed E-state index contributed by atoms with van der Waals surface area (Å²) in [6.45, 7) is 9.67. The van der Waals surface area contributed by atoms with Crippen molar-refractivity contribution in [3.05, 3.63) is 265 Å². The van der Waals surface area contributed by atoms with Crippen LogP contribution in [0, 0.1) is 0 Å². The summed E-state index contributed by atoms with van der Waals surface area (Å²) in [5.41, 5.74) is 25.1. The number of fused-ring (bicyclic) bond motifs is 16. The topological polar surface area (TPSA) is 9.86 Å². The molecule has 0 bridgehead atoms. The van der Waals surface area contributed by atoms with E-state index in [0.717, 1.165) is 0 Å². The lowest BCUT2D eigenvalue weighted by atomic mass is 9.80. The van der Waals surface area contributed by atoms with E-state index in [9.17, 15) is 0 Å². The normalized spacial score (nSPS) is 14.0. The Balaban J connectivity index is 0.814. The molecule has 2 heterocycles. The van der Waals surface area contributed by atoms with Gasteiger partial charge in [-0.1, -0.05) is 216 Å². The molecule has 0 N–H and O–H groups in total. The molecule has 2 aromatic heterocycles. The highest BCUT2D eigenvalue weighted by atomic mass is 15.0. The van der Waals surface area contributed by atoms with E-state index in [-0.39, 0.29) is 10.8 Å². The molecule has 0 atom stereocenters. The third-order valence-corrected chi connectivity index (χ3v) is 17.6. The molecule has 358 valence electrons. The van der Waals surface area contributed by atoms with Gasteiger partial charge in [-0.15, -0.1) is 0 Å². The first kappa shape index (κ1) is 43.2. The number of rotatable bonds is 5. The zero-order valence-electron chi connectivity index (χ0n) is 43.0. The number of aromatic nitrogens is 2. The fraction of sp³-hybridized carbons (Fsp3) is 0.0811. The van der Waals surface area contributed by atoms with Crippen molar-refractivity contribution >= 4 is 65.2 Å². The third kappa shape index (κ3) is 5.98. The van der Waals surface area contributed by atoms with Crippen molar-refractivity contribution in [2.45, 2.75) is 38.5 Å². The van der Waals surface area contributed by atoms with E-state index in [1.165, 1.54) is 154 Å². The molecule has 0 fully saturated rings. The van der Waals surface area contributed by atoms with Gasteiger partial charge in [-0.25, -0.2) is 0 Å². The first-order valence-electron chi connectivity index (χ1n) is 26.8. The highest BCUT2D eigenvalue weighted by molar-refractivity contribution is 6.15. The summed E-state index contributed by atoms with van der Waals surface area (Å²) in [6.07, 6.45) is 0. The van der Waals surface area contributed by atoms with Crippen molar-refractivity contribution in [3.8, 4) is 67.0 Å². The highest BCUT2D eigenvalue weighted by Crippen LogP contribution is 2.55. The Labute approximate surface area is 442 Å². The Hall–Kier alpha value is -9.24. The molecule has 76 heavy (non-hydrogen) atoms. The van der Waals surface area contributed by atoms with E-state index in [2.05, 4.69) is 279 Å². The fourth-order valence-corrected chi connectivity index (χ4v) is 14.1. The first-order valence-corrected chi connectivity index (χ1v) is 26.8. The molecule has 0 aliphatic heterocycles. The second kappa shape index (κ2) is 15.6. The van der Waals surface area contributed by atoms with Gasteiger partial charge in [0.2, 0.25) is 0 Å². The van der Waals surface area contributed by atoms with Gasteiger partial charge in [0.05, 0.1) is 22.1 Å². The number of benzene rings is 12. The number of hydrogen-bond acceptors (Lipinski definition) is 0. The first-order chi connectivity index (χ1) is 37.2. The largest absolute Gasteiger partial charge is 0.309 e. The van der Waals surface area contributed by atoms with E-state index >= 15 is 0 Å². The van der Waals surface area contributed by atoms with Crippen LogP contribution in [0.4, 0.5) is 0 Å². The Morgan fingerprint density at radius 2 is 0.776 bits per heavy atom. The molecule has 0 radical (unpaired) electrons. The van der Waals surface area contributed by atoms with Crippen LogP contribution < -0.4 is 0 Å². The van der Waals surface area contributed by atoms with Gasteiger partial charge in [0, 0.05) is 43.7 Å². The summed E-state index contributed by atoms with van der Waals surface area (Å²) in [5, 5.41) is 10.1. The van der Waals surface area contributed by atoms with Crippen molar-refractivity contribution in [1.82, 2.24) is 9.13 Å². The van der Waals surface area contributed by atoms with Gasteiger partial charge in [0.25, 0.3) is 0 Å². The maximum absolute atomic E-state index is 2.55. The van der Waals surface area contributed by atoms with Gasteiger partial charge in [-0.2, -0.15) is 0 Å². The summed E-state index contributed by atoms with van der Waals surface area (Å²) in [7, 11) is 0. The molecule has 2 nitrogen and oxygen atoms in total. The van der Waals surface area contributed by atoms with Crippen LogP contribution in [0.15, 0.2) is 243 Å². The van der Waals surface area contributed by atoms with Crippen molar-refractivity contribution in [3.63, 3.8) is 0 Å². The van der Waals surface area contributed by atoms with Crippen molar-refractivity contribution in [2.75, 3.05) is 0 Å². The lowest BCUT2D eigenvalue weighted by Crippen LogP contribution is -2.16. The zero-order chi connectivity index (χ0) is 50.6. The minimum atomic E-state index is -0.280. The summed E-state index contributed by atoms with van der Waals surface area (Å²) < 4.78 is 5.09. The smallest absolute Gasteiger partial charge is 0.0588 e. The van der Waals surface area contributed by atoms with Gasteiger partial charge >= 0.3 is 0 Å². The summed E-state index contributed by atoms with van der Waals surface area (Å²) >= 11 is 0. The Bertz CT molecular complexity index is 4810. The standard InChI is InChI=1S/C74H52N2/c1-73(2)65-25-11-8-21-56(65)60-36-38-62-59-23-10-13-27-68(59)76(71(62)69(60)73)54-34-31-47-18-15-24-55(64(47)44-54)51-20-14-19-48(40-51)50-32-35-57-61-37-39-63-58-22-9-12-26-67(58)75(72(63)70(61)74(3,4)66(57)43-50)53-33-30-46-28-29-49(41-52(46)42-53)45-16-6-5-7-17-45/h5-44H,1-4H3. The summed E-state index contributed by atoms with van der Waals surface area (Å²) in [4.78, 5) is 0. The van der Waals surface area contributed by atoms with Gasteiger partial charge in [0.1, 0.15) is 0 Å². The van der Waals surface area contributed by atoms with Gasteiger partial charge in [0.15, 0.2) is 0 Å². The lowest BCUT2D eigenvalue weighted by Gasteiger charge is -2.24. The van der Waals surface area contributed by atoms with E-state index < -0.39 is 0 Å². The number of hydrogen-bond donors (Lipinski definition) is 0. The van der Waals surface area contributed by atoms with Crippen LogP contribution >= 0.6 is 0 Å². The van der Waals surface area contributed by atoms with Crippen LogP contribution in [0.3, 0.4) is 0 Å². The van der Waals surface area contributed by atoms with Crippen molar-refractivity contribution < 1.29 is 0 Å². The zero-order valence-corrected chi connectivity index (χ0v) is 43.0. The maximum atomic E-state index is 2.55. The van der Waals surface area contributed by atoms with Crippen LogP contribution in [0.2, 0.25) is 0 Å². The minimum Gasteiger partial charge on any atom is -0.309 e. The molecular formula is C74H52N2. The molecular weight excluding hydrogens is 917 g/mol. The maximum Gasteiger partial charge on any atom is 0.0588 e. The minimum absolute atomic E-state index is 0.159. The molecule has 0 unspecified atom stereocenters. The number of nitrogens with zero attached hydrogens (tertiary/aromatic N) is 2. The lowest BCUT2D eigenvalue weighted by molar-refractivity contribution is 0.664. The van der Waals surface area contributed by atoms with Crippen LogP contribution in [0.5, 0.6) is 0 Å². The Morgan fingerprint density at radius 1 is 0.263 bits per heavy atom. The van der Waals surface area contributed by atoms with Crippen LogP contribution in [0.1, 0.15) is 49.9 Å². The van der Waals surface area contributed by atoms with Crippen LogP contribution in [0.25, 0.3) is 132 Å². The molecule has 2 aliphatic rings. The summed E-state index contributed by atoms with van der Waals surface area (Å²) in [5.74, 6) is 0. The predicted molar refractivity (Wildman–Crippen MR) is 322 cm³/mol. The summed E-state index contributed by atoms with van der Waals surface area (Å²) in [6, 6.07) is 91.2. The molecule has 0 amide bonds. The predicted octanol–water partition coefficient (Wildman–Crippen LogP) is 19.8. The molecule has 14 aromatic rings. The van der Waals surface area contributed by atoms with Gasteiger partial charge in [-0.3, -0.25) is 0 Å². The van der Waals surface area contributed by atoms with Gasteiger partial charge < -0.3 is 9.13 Å². The second-order valence-corrected chi connectivity index (χ2v) is 22.4. The molecule has 0 saturated carbocycles. The van der Waals surface area contributed by atoms with E-state index in [1.807, 2.05) is 0 Å². The van der Waals surface area contributed by atoms with Crippen LogP contribution in [-0.2, 0) is 10.8 Å². The van der Waals surface area contributed by atoms with Crippen molar-refractivity contribution in [1.29, 1.82) is 0 Å². The molecule has 2 heteroatoms. The molecule has 0 spiro atoms. The van der Waals surface area contributed by atoms with E-state index in [0.29, 0.717) is 0 Å². The SMILES string of the molecule is CC1(C)c2ccccc2-c2ccc3c4ccccc4n(-c4ccc5cccc(-c6cccc(-c7ccc8c(c7)C(C)(C)c7c-8ccc8c9ccccc9n(-c9ccc%10ccc(-c%11ccccc%11)cc%10c9)c78)c6)c5c4)c3c21. The van der Waals surface area contributed by atoms with E-state index in [4.69, 9.17) is 0 Å². The third-order valence-electron chi connectivity index (χ3n) is 17.6. The second-order valence-electron chi connectivity index (χ2n) is 22.4. The average Bonchev–Trinajstić information content (AvgIpc) is 4.33. The Kier molecular flexibility index (Phi) is 8.89. The number of para-hydroxylation sites is 2.